The summed E-state index contributed by atoms with van der Waals surface area (Å²) in [6, 6.07) is 4.04. The van der Waals surface area contributed by atoms with Crippen LogP contribution >= 0.6 is 44.3 Å². The molecular formula is C13H19Br2ClN2O. The Kier molecular flexibility index (Phi) is 6.42. The van der Waals surface area contributed by atoms with Crippen LogP contribution in [0.2, 0.25) is 0 Å². The van der Waals surface area contributed by atoms with E-state index in [2.05, 4.69) is 37.2 Å². The van der Waals surface area contributed by atoms with E-state index >= 15 is 0 Å². The number of hydrogen-bond acceptors (Lipinski definition) is 3. The average Bonchev–Trinajstić information content (AvgIpc) is 2.36. The van der Waals surface area contributed by atoms with Gasteiger partial charge in [0.25, 0.3) is 0 Å². The van der Waals surface area contributed by atoms with Crippen LogP contribution in [0.5, 0.6) is 0 Å². The second-order valence-electron chi connectivity index (χ2n) is 4.71. The number of halogens is 3. The summed E-state index contributed by atoms with van der Waals surface area (Å²) in [5.74, 6) is 0. The van der Waals surface area contributed by atoms with Crippen LogP contribution in [0.1, 0.15) is 32.6 Å². The van der Waals surface area contributed by atoms with E-state index in [-0.39, 0.29) is 24.6 Å². The maximum atomic E-state index is 9.49. The molecule has 1 aliphatic rings. The lowest BCUT2D eigenvalue weighted by Gasteiger charge is -2.26. The van der Waals surface area contributed by atoms with Gasteiger partial charge in [-0.15, -0.1) is 12.4 Å². The summed E-state index contributed by atoms with van der Waals surface area (Å²) in [7, 11) is 0. The molecule has 108 valence electrons. The summed E-state index contributed by atoms with van der Waals surface area (Å²) >= 11 is 6.82. The first-order valence-corrected chi connectivity index (χ1v) is 7.66. The minimum atomic E-state index is -0.547. The summed E-state index contributed by atoms with van der Waals surface area (Å²) < 4.78 is 9.94. The van der Waals surface area contributed by atoms with Crippen LogP contribution < -0.4 is 11.1 Å². The number of aliphatic hydroxyl groups excluding tert-OH is 1. The second-order valence-corrected chi connectivity index (χ2v) is 6.48. The summed E-state index contributed by atoms with van der Waals surface area (Å²) in [5, 5.41) is 12.8. The quantitative estimate of drug-likeness (QED) is 0.515. The van der Waals surface area contributed by atoms with Crippen LogP contribution in [0.25, 0.3) is 0 Å². The van der Waals surface area contributed by atoms with Gasteiger partial charge in [-0.05, 0) is 59.3 Å². The molecule has 0 aliphatic heterocycles. The molecule has 1 fully saturated rings. The van der Waals surface area contributed by atoms with Crippen molar-refractivity contribution in [2.24, 2.45) is 0 Å². The van der Waals surface area contributed by atoms with E-state index in [1.54, 1.807) is 0 Å². The highest BCUT2D eigenvalue weighted by atomic mass is 79.9. The van der Waals surface area contributed by atoms with Crippen molar-refractivity contribution in [2.45, 2.75) is 44.3 Å². The molecule has 3 nitrogen and oxygen atoms in total. The van der Waals surface area contributed by atoms with Gasteiger partial charge in [0.15, 0.2) is 0 Å². The van der Waals surface area contributed by atoms with Crippen molar-refractivity contribution < 1.29 is 6.48 Å². The maximum Gasteiger partial charge on any atom is 0.0541 e. The molecule has 1 aromatic rings. The highest BCUT2D eigenvalue weighted by molar-refractivity contribution is 9.11. The van der Waals surface area contributed by atoms with Crippen molar-refractivity contribution in [3.8, 4) is 0 Å². The van der Waals surface area contributed by atoms with Gasteiger partial charge in [-0.3, -0.25) is 0 Å². The maximum absolute atomic E-state index is 9.49. The molecule has 2 rings (SSSR count). The fourth-order valence-electron chi connectivity index (χ4n) is 2.17. The highest BCUT2D eigenvalue weighted by Crippen LogP contribution is 2.28. The summed E-state index contributed by atoms with van der Waals surface area (Å²) in [5.41, 5.74) is 7.39. The minimum absolute atomic E-state index is 0. The lowest BCUT2D eigenvalue weighted by molar-refractivity contribution is 0.116. The van der Waals surface area contributed by atoms with E-state index in [4.69, 9.17) is 7.10 Å². The van der Waals surface area contributed by atoms with E-state index in [1.807, 2.05) is 12.1 Å². The topological polar surface area (TPSA) is 58.3 Å². The molecule has 0 spiro atoms. The molecule has 0 bridgehead atoms. The Morgan fingerprint density at radius 2 is 1.95 bits per heavy atom. The van der Waals surface area contributed by atoms with Crippen LogP contribution in [0.4, 0.5) is 5.69 Å². The van der Waals surface area contributed by atoms with Crippen LogP contribution in [0, 0.1) is 0 Å². The third-order valence-corrected chi connectivity index (χ3v) is 4.41. The molecule has 1 unspecified atom stereocenters. The summed E-state index contributed by atoms with van der Waals surface area (Å²) in [6.07, 6.45) is 3.26. The third kappa shape index (κ3) is 4.90. The Balaban J connectivity index is 0.00000200. The van der Waals surface area contributed by atoms with Gasteiger partial charge >= 0.3 is 0 Å². The number of benzene rings is 1. The van der Waals surface area contributed by atoms with Gasteiger partial charge in [0.2, 0.25) is 0 Å². The molecule has 0 amide bonds. The predicted octanol–water partition coefficient (Wildman–Crippen LogP) is 3.61. The Hall–Kier alpha value is 0.190. The molecule has 0 aromatic heterocycles. The number of hydrogen-bond donors (Lipinski definition) is 3. The zero-order valence-corrected chi connectivity index (χ0v) is 14.4. The van der Waals surface area contributed by atoms with Crippen LogP contribution in [0.3, 0.4) is 0 Å². The number of nitrogens with one attached hydrogen (secondary N) is 1. The standard InChI is InChI=1S/C13H18Br2N2O.ClH/c14-9-5-8(13(16)12(15)6-9)7-17-10-1-3-11(18)4-2-10;/h5-6,10-11,17-18H,1-4,7,16H2;1H/i5+1,6+1,7+1D,8+1,9+1,12+1,13+1;. The number of aliphatic hydroxyl groups is 1. The first-order chi connectivity index (χ1) is 8.97. The van der Waals surface area contributed by atoms with E-state index in [0.29, 0.717) is 5.69 Å². The average molecular weight is 423 g/mol. The van der Waals surface area contributed by atoms with Crippen molar-refractivity contribution in [1.29, 1.82) is 0 Å². The van der Waals surface area contributed by atoms with Crippen LogP contribution in [-0.2, 0) is 6.52 Å². The molecule has 1 aliphatic carbocycles. The molecule has 1 aromatic carbocycles. The molecular weight excluding hydrogens is 402 g/mol. The molecule has 19 heavy (non-hydrogen) atoms. The Morgan fingerprint density at radius 3 is 2.58 bits per heavy atom. The van der Waals surface area contributed by atoms with Crippen molar-refractivity contribution in [3.05, 3.63) is 26.6 Å². The third-order valence-electron chi connectivity index (χ3n) is 3.30. The first kappa shape index (κ1) is 15.6. The SMILES string of the molecule is Cl.[2H][13CH](NC1CCC(O)CC1)[13c]1[13cH][13c](Br)[13cH][13c](Br)[13c]1N. The fraction of sp³-hybridized carbons (Fsp3) is 0.538. The summed E-state index contributed by atoms with van der Waals surface area (Å²) in [6.45, 7) is -0.547. The van der Waals surface area contributed by atoms with Crippen molar-refractivity contribution in [3.63, 3.8) is 0 Å². The normalized spacial score (nSPS) is 25.3. The number of nitrogen functional groups attached to an aromatic ring is 1. The zero-order valence-electron chi connectivity index (χ0n) is 11.4. The van der Waals surface area contributed by atoms with Gasteiger partial charge < -0.3 is 16.2 Å². The molecule has 1 saturated carbocycles. The molecule has 4 N–H and O–H groups in total. The van der Waals surface area contributed by atoms with Gasteiger partial charge in [0, 0.05) is 22.9 Å². The van der Waals surface area contributed by atoms with E-state index in [1.165, 1.54) is 0 Å². The predicted molar refractivity (Wildman–Crippen MR) is 88.6 cm³/mol. The molecule has 0 heterocycles. The van der Waals surface area contributed by atoms with Crippen molar-refractivity contribution in [1.82, 2.24) is 5.32 Å². The fourth-order valence-corrected chi connectivity index (χ4v) is 3.43. The largest absolute Gasteiger partial charge is 0.398 e. The Morgan fingerprint density at radius 1 is 1.32 bits per heavy atom. The second kappa shape index (κ2) is 7.84. The van der Waals surface area contributed by atoms with Gasteiger partial charge in [0.1, 0.15) is 0 Å². The minimum Gasteiger partial charge on any atom is -0.398 e. The smallest absolute Gasteiger partial charge is 0.0541 e. The van der Waals surface area contributed by atoms with Crippen LogP contribution in [0.15, 0.2) is 21.1 Å². The van der Waals surface area contributed by atoms with Gasteiger partial charge in [0.05, 0.1) is 11.8 Å². The van der Waals surface area contributed by atoms with Crippen molar-refractivity contribution in [2.75, 3.05) is 5.73 Å². The van der Waals surface area contributed by atoms with E-state index < -0.39 is 6.52 Å². The number of anilines is 1. The van der Waals surface area contributed by atoms with E-state index in [9.17, 15) is 5.11 Å². The van der Waals surface area contributed by atoms with Gasteiger partial charge in [-0.2, -0.15) is 0 Å². The first-order valence-electron chi connectivity index (χ1n) is 6.66. The lowest BCUT2D eigenvalue weighted by Crippen LogP contribution is -2.34. The van der Waals surface area contributed by atoms with Gasteiger partial charge in [-0.25, -0.2) is 0 Å². The summed E-state index contributed by atoms with van der Waals surface area (Å²) in [4.78, 5) is 0. The monoisotopic (exact) mass is 420 g/mol. The highest BCUT2D eigenvalue weighted by Gasteiger charge is 2.19. The zero-order chi connectivity index (χ0) is 14.0. The lowest BCUT2D eigenvalue weighted by atomic mass is 9.94. The van der Waals surface area contributed by atoms with E-state index in [0.717, 1.165) is 40.2 Å². The molecule has 0 radical (unpaired) electrons. The Labute approximate surface area is 138 Å². The molecule has 6 heteroatoms. The molecule has 1 atom stereocenters. The number of nitrogens with two attached hydrogens (primary N) is 1. The Bertz CT molecular complexity index is 456. The van der Waals surface area contributed by atoms with Crippen molar-refractivity contribution >= 4 is 50.0 Å². The van der Waals surface area contributed by atoms with Crippen LogP contribution in [-0.4, -0.2) is 17.3 Å². The molecule has 0 saturated heterocycles. The van der Waals surface area contributed by atoms with Gasteiger partial charge in [-0.1, -0.05) is 15.9 Å². The number of rotatable bonds is 3.